The molecule has 0 aliphatic carbocycles. The summed E-state index contributed by atoms with van der Waals surface area (Å²) in [5.74, 6) is 1.14. The summed E-state index contributed by atoms with van der Waals surface area (Å²) in [6.45, 7) is 6.74. The molecule has 3 amide bonds. The van der Waals surface area contributed by atoms with E-state index in [1.807, 2.05) is 37.4 Å². The van der Waals surface area contributed by atoms with Gasteiger partial charge in [0.05, 0.1) is 14.2 Å². The maximum Gasteiger partial charge on any atom is 0.329 e. The van der Waals surface area contributed by atoms with Crippen LogP contribution >= 0.6 is 0 Å². The lowest BCUT2D eigenvalue weighted by molar-refractivity contribution is -0.901. The van der Waals surface area contributed by atoms with E-state index in [1.54, 1.807) is 38.3 Å². The van der Waals surface area contributed by atoms with Gasteiger partial charge in [0, 0.05) is 5.56 Å². The zero-order valence-electron chi connectivity index (χ0n) is 17.6. The number of quaternary nitrogens is 1. The number of carbonyl (C=O) groups is 2. The second-order valence-electron chi connectivity index (χ2n) is 7.56. The molecule has 7 heteroatoms. The second-order valence-corrected chi connectivity index (χ2v) is 7.56. The van der Waals surface area contributed by atoms with E-state index in [0.717, 1.165) is 16.2 Å². The molecule has 3 rings (SSSR count). The van der Waals surface area contributed by atoms with Gasteiger partial charge in [-0.05, 0) is 48.9 Å². The Morgan fingerprint density at radius 1 is 1.17 bits per heavy atom. The molecule has 0 radical (unpaired) electrons. The van der Waals surface area contributed by atoms with Crippen molar-refractivity contribution in [2.24, 2.45) is 0 Å². The lowest BCUT2D eigenvalue weighted by Gasteiger charge is -2.23. The number of nitrogens with one attached hydrogen (secondary N) is 2. The highest BCUT2D eigenvalue weighted by Crippen LogP contribution is 2.30. The average Bonchev–Trinajstić information content (AvgIpc) is 2.97. The molecule has 1 saturated heterocycles. The first-order chi connectivity index (χ1) is 14.4. The van der Waals surface area contributed by atoms with Gasteiger partial charge < -0.3 is 19.7 Å². The van der Waals surface area contributed by atoms with Crippen molar-refractivity contribution in [3.05, 3.63) is 72.3 Å². The van der Waals surface area contributed by atoms with Crippen molar-refractivity contribution in [3.63, 3.8) is 0 Å². The number of hydrogen-bond donors (Lipinski definition) is 2. The third-order valence-corrected chi connectivity index (χ3v) is 5.15. The number of urea groups is 1. The van der Waals surface area contributed by atoms with Crippen molar-refractivity contribution in [1.29, 1.82) is 0 Å². The van der Waals surface area contributed by atoms with Gasteiger partial charge in [-0.15, -0.1) is 0 Å². The van der Waals surface area contributed by atoms with Gasteiger partial charge >= 0.3 is 6.03 Å². The van der Waals surface area contributed by atoms with Gasteiger partial charge in [0.1, 0.15) is 30.2 Å². The van der Waals surface area contributed by atoms with Crippen molar-refractivity contribution in [2.45, 2.75) is 19.0 Å². The molecule has 1 unspecified atom stereocenters. The van der Waals surface area contributed by atoms with Crippen LogP contribution in [0.25, 0.3) is 0 Å². The molecule has 0 spiro atoms. The number of rotatable bonds is 9. The molecule has 1 aliphatic heterocycles. The molecule has 0 saturated carbocycles. The van der Waals surface area contributed by atoms with E-state index in [9.17, 15) is 9.59 Å². The predicted molar refractivity (Wildman–Crippen MR) is 113 cm³/mol. The van der Waals surface area contributed by atoms with E-state index in [1.165, 1.54) is 4.90 Å². The number of carbonyl (C=O) groups excluding carboxylic acids is 2. The first-order valence-electron chi connectivity index (χ1n) is 9.80. The molecule has 2 aromatic rings. The maximum absolute atomic E-state index is 13.1. The highest BCUT2D eigenvalue weighted by Gasteiger charge is 2.50. The molecular weight excluding hydrogens is 382 g/mol. The fraction of sp³-hybridized carbons (Fsp3) is 0.304. The second kappa shape index (κ2) is 9.00. The molecule has 2 aromatic carbocycles. The molecular formula is C23H28N3O4+. The van der Waals surface area contributed by atoms with Crippen molar-refractivity contribution >= 4 is 11.9 Å². The summed E-state index contributed by atoms with van der Waals surface area (Å²) in [5, 5.41) is 2.84. The third-order valence-electron chi connectivity index (χ3n) is 5.15. The minimum Gasteiger partial charge on any atom is -0.497 e. The Balaban J connectivity index is 1.66. The first kappa shape index (κ1) is 21.4. The van der Waals surface area contributed by atoms with Crippen molar-refractivity contribution in [3.8, 4) is 11.5 Å². The summed E-state index contributed by atoms with van der Waals surface area (Å²) in [6, 6.07) is 14.6. The number of ether oxygens (including phenoxy) is 2. The molecule has 2 atom stereocenters. The van der Waals surface area contributed by atoms with Crippen LogP contribution in [0.4, 0.5) is 4.79 Å². The molecule has 1 fully saturated rings. The van der Waals surface area contributed by atoms with Crippen molar-refractivity contribution in [1.82, 2.24) is 10.2 Å². The van der Waals surface area contributed by atoms with Gasteiger partial charge in [-0.3, -0.25) is 4.79 Å². The molecule has 30 heavy (non-hydrogen) atoms. The molecule has 1 heterocycles. The third kappa shape index (κ3) is 4.46. The Labute approximate surface area is 176 Å². The van der Waals surface area contributed by atoms with Crippen LogP contribution < -0.4 is 19.7 Å². The SMILES string of the molecule is C=CCOc1ccc(C[NH+](C)CN2C(=O)N[C@](C)(c3cccc(OC)c3)C2=O)cc1. The van der Waals surface area contributed by atoms with E-state index in [0.29, 0.717) is 24.5 Å². The van der Waals surface area contributed by atoms with Crippen LogP contribution in [-0.2, 0) is 16.9 Å². The predicted octanol–water partition coefficient (Wildman–Crippen LogP) is 1.70. The summed E-state index contributed by atoms with van der Waals surface area (Å²) in [6.07, 6.45) is 1.70. The summed E-state index contributed by atoms with van der Waals surface area (Å²) < 4.78 is 10.7. The smallest absolute Gasteiger partial charge is 0.329 e. The highest BCUT2D eigenvalue weighted by molar-refractivity contribution is 6.07. The summed E-state index contributed by atoms with van der Waals surface area (Å²) in [4.78, 5) is 28.0. The number of benzene rings is 2. The number of hydrogen-bond acceptors (Lipinski definition) is 4. The minimum absolute atomic E-state index is 0.263. The maximum atomic E-state index is 13.1. The molecule has 158 valence electrons. The Bertz CT molecular complexity index is 928. The molecule has 0 aromatic heterocycles. The topological polar surface area (TPSA) is 72.3 Å². The monoisotopic (exact) mass is 410 g/mol. The molecule has 1 aliphatic rings. The van der Waals surface area contributed by atoms with Gasteiger partial charge in [-0.2, -0.15) is 0 Å². The van der Waals surface area contributed by atoms with E-state index >= 15 is 0 Å². The summed E-state index contributed by atoms with van der Waals surface area (Å²) >= 11 is 0. The van der Waals surface area contributed by atoms with Gasteiger partial charge in [0.2, 0.25) is 0 Å². The van der Waals surface area contributed by atoms with E-state index < -0.39 is 11.6 Å². The van der Waals surface area contributed by atoms with Crippen LogP contribution in [0.2, 0.25) is 0 Å². The fourth-order valence-corrected chi connectivity index (χ4v) is 3.50. The van der Waals surface area contributed by atoms with Crippen molar-refractivity contribution < 1.29 is 24.0 Å². The summed E-state index contributed by atoms with van der Waals surface area (Å²) in [7, 11) is 3.52. The Morgan fingerprint density at radius 2 is 1.90 bits per heavy atom. The van der Waals surface area contributed by atoms with Gasteiger partial charge in [-0.1, -0.05) is 24.8 Å². The lowest BCUT2D eigenvalue weighted by atomic mass is 9.92. The largest absolute Gasteiger partial charge is 0.497 e. The van der Waals surface area contributed by atoms with Gasteiger partial charge in [-0.25, -0.2) is 9.69 Å². The minimum atomic E-state index is -1.12. The average molecular weight is 410 g/mol. The van der Waals surface area contributed by atoms with Crippen LogP contribution in [0.3, 0.4) is 0 Å². The number of amides is 3. The first-order valence-corrected chi connectivity index (χ1v) is 9.80. The molecule has 0 bridgehead atoms. The normalized spacial score (nSPS) is 19.4. The Morgan fingerprint density at radius 3 is 2.57 bits per heavy atom. The Kier molecular flexibility index (Phi) is 6.42. The zero-order valence-corrected chi connectivity index (χ0v) is 17.6. The van der Waals surface area contributed by atoms with Crippen LogP contribution in [0.5, 0.6) is 11.5 Å². The van der Waals surface area contributed by atoms with E-state index in [4.69, 9.17) is 9.47 Å². The van der Waals surface area contributed by atoms with Crippen molar-refractivity contribution in [2.75, 3.05) is 27.4 Å². The van der Waals surface area contributed by atoms with Gasteiger partial charge in [0.25, 0.3) is 5.91 Å². The number of methoxy groups -OCH3 is 1. The quantitative estimate of drug-likeness (QED) is 0.488. The van der Waals surface area contributed by atoms with E-state index in [-0.39, 0.29) is 12.6 Å². The lowest BCUT2D eigenvalue weighted by Crippen LogP contribution is -3.09. The fourth-order valence-electron chi connectivity index (χ4n) is 3.50. The zero-order chi connectivity index (χ0) is 21.7. The highest BCUT2D eigenvalue weighted by atomic mass is 16.5. The van der Waals surface area contributed by atoms with E-state index in [2.05, 4.69) is 11.9 Å². The van der Waals surface area contributed by atoms with Gasteiger partial charge in [0.15, 0.2) is 6.67 Å². The van der Waals surface area contributed by atoms with Crippen LogP contribution in [0.15, 0.2) is 61.2 Å². The number of imide groups is 1. The van der Waals surface area contributed by atoms with Crippen LogP contribution in [0, 0.1) is 0 Å². The summed E-state index contributed by atoms with van der Waals surface area (Å²) in [5.41, 5.74) is 0.660. The Hall–Kier alpha value is -3.32. The molecule has 2 N–H and O–H groups in total. The van der Waals surface area contributed by atoms with Crippen LogP contribution in [0.1, 0.15) is 18.1 Å². The van der Waals surface area contributed by atoms with Crippen LogP contribution in [-0.4, -0.2) is 44.3 Å². The number of nitrogens with zero attached hydrogens (tertiary/aromatic N) is 1. The molecule has 7 nitrogen and oxygen atoms in total. The standard InChI is InChI=1S/C23H27N3O4/c1-5-13-30-19-11-9-17(10-12-19)15-25(3)16-26-21(27)23(2,24-22(26)28)18-7-6-8-20(14-18)29-4/h5-12,14H,1,13,15-16H2,2-4H3,(H,24,28)/p+1/t23-/m1/s1.